The van der Waals surface area contributed by atoms with E-state index in [4.69, 9.17) is 9.47 Å². The van der Waals surface area contributed by atoms with Gasteiger partial charge in [-0.15, -0.1) is 0 Å². The van der Waals surface area contributed by atoms with Gasteiger partial charge < -0.3 is 19.3 Å². The van der Waals surface area contributed by atoms with Gasteiger partial charge in [-0.2, -0.15) is 0 Å². The van der Waals surface area contributed by atoms with Crippen LogP contribution in [0.2, 0.25) is 0 Å². The van der Waals surface area contributed by atoms with E-state index in [0.29, 0.717) is 25.9 Å². The number of carbonyl (C=O) groups is 2. The lowest BCUT2D eigenvalue weighted by molar-refractivity contribution is -0.199. The van der Waals surface area contributed by atoms with Crippen LogP contribution in [-0.4, -0.2) is 91.8 Å². The fourth-order valence-electron chi connectivity index (χ4n) is 6.59. The Hall–Kier alpha value is -3.10. The van der Waals surface area contributed by atoms with E-state index in [2.05, 4.69) is 121 Å². The fraction of sp³-hybridized carbons (Fsp3) is 0.625. The molecule has 308 valence electrons. The summed E-state index contributed by atoms with van der Waals surface area (Å²) in [6.07, 6.45) is 51.8. The van der Waals surface area contributed by atoms with E-state index in [0.717, 1.165) is 116 Å². The van der Waals surface area contributed by atoms with Crippen molar-refractivity contribution in [1.29, 1.82) is 0 Å². The molecular weight excluding hydrogens is 683 g/mol. The second kappa shape index (κ2) is 31.0. The van der Waals surface area contributed by atoms with Crippen LogP contribution in [-0.2, 0) is 19.1 Å². The number of rotatable bonds is 32. The summed E-state index contributed by atoms with van der Waals surface area (Å²) in [6, 6.07) is 0. The van der Waals surface area contributed by atoms with Gasteiger partial charge in [0.05, 0.1) is 0 Å². The first-order valence-electron chi connectivity index (χ1n) is 21.6. The molecule has 2 heterocycles. The van der Waals surface area contributed by atoms with Gasteiger partial charge in [0.2, 0.25) is 0 Å². The highest BCUT2D eigenvalue weighted by Gasteiger charge is 2.59. The van der Waals surface area contributed by atoms with Crippen LogP contribution >= 0.6 is 0 Å². The monoisotopic (exact) mass is 760 g/mol. The number of hydrogen-bond donors (Lipinski definition) is 0. The van der Waals surface area contributed by atoms with Gasteiger partial charge in [-0.3, -0.25) is 14.5 Å². The summed E-state index contributed by atoms with van der Waals surface area (Å²) in [5.74, 6) is -1.34. The predicted octanol–water partition coefficient (Wildman–Crippen LogP) is 10.8. The molecule has 0 aromatic rings. The molecule has 0 aliphatic carbocycles. The summed E-state index contributed by atoms with van der Waals surface area (Å²) in [7, 11) is 6.11. The summed E-state index contributed by atoms with van der Waals surface area (Å²) < 4.78 is 13.0. The van der Waals surface area contributed by atoms with Crippen LogP contribution in [0.3, 0.4) is 0 Å². The zero-order chi connectivity index (χ0) is 39.8. The molecule has 7 heteroatoms. The van der Waals surface area contributed by atoms with E-state index < -0.39 is 18.0 Å². The van der Waals surface area contributed by atoms with Crippen LogP contribution in [0, 0.1) is 0 Å². The Morgan fingerprint density at radius 1 is 0.509 bits per heavy atom. The molecule has 2 fully saturated rings. The number of amides is 2. The SMILES string of the molecule is CC/C=C\C/C=C\C/C=C\C/C=C\CCCCCC1(CCCCC/C=C\C/C=C\C/C=C\C/C=C\CC)OC2C(=O)N(CCN(C)CCN(C)C)C(=O)C2O1. The molecule has 2 aliphatic rings. The van der Waals surface area contributed by atoms with Gasteiger partial charge in [-0.05, 0) is 111 Å². The molecule has 2 unspecified atom stereocenters. The van der Waals surface area contributed by atoms with Crippen molar-refractivity contribution in [2.75, 3.05) is 47.3 Å². The highest BCUT2D eigenvalue weighted by molar-refractivity contribution is 6.08. The van der Waals surface area contributed by atoms with E-state index in [1.54, 1.807) is 0 Å². The molecule has 0 bridgehead atoms. The third-order valence-corrected chi connectivity index (χ3v) is 9.91. The van der Waals surface area contributed by atoms with E-state index in [1.165, 1.54) is 4.90 Å². The van der Waals surface area contributed by atoms with E-state index in [9.17, 15) is 9.59 Å². The average molecular weight is 760 g/mol. The highest BCUT2D eigenvalue weighted by Crippen LogP contribution is 2.41. The Morgan fingerprint density at radius 3 is 1.27 bits per heavy atom. The standard InChI is InChI=1S/C48H77N3O4/c1-6-8-10-12-14-16-18-20-22-24-26-28-30-32-34-36-38-48(39-37-35-33-31-29-27-25-23-21-19-17-15-13-11-9-7-2)54-44-45(55-48)47(53)51(46(44)52)43-42-50(5)41-40-49(3)4/h8-11,14-17,20-23,26-29,44-45H,6-7,12-13,18-19,24-25,30-43H2,1-5H3/b10-8-,11-9-,16-14-,17-15-,22-20-,23-21-,28-26-,29-27-. The fourth-order valence-corrected chi connectivity index (χ4v) is 6.59. The van der Waals surface area contributed by atoms with Gasteiger partial charge in [0, 0.05) is 39.0 Å². The smallest absolute Gasteiger partial charge is 0.261 e. The highest BCUT2D eigenvalue weighted by atomic mass is 16.8. The first-order valence-corrected chi connectivity index (χ1v) is 21.6. The molecule has 55 heavy (non-hydrogen) atoms. The normalized spacial score (nSPS) is 19.3. The molecule has 2 atom stereocenters. The van der Waals surface area contributed by atoms with Crippen molar-refractivity contribution >= 4 is 11.8 Å². The van der Waals surface area contributed by atoms with E-state index in [-0.39, 0.29) is 11.8 Å². The molecule has 0 aromatic heterocycles. The van der Waals surface area contributed by atoms with Crippen LogP contribution in [0.15, 0.2) is 97.2 Å². The van der Waals surface area contributed by atoms with Gasteiger partial charge in [-0.25, -0.2) is 0 Å². The number of allylic oxidation sites excluding steroid dienone is 16. The molecule has 0 saturated carbocycles. The maximum absolute atomic E-state index is 13.4. The van der Waals surface area contributed by atoms with Crippen molar-refractivity contribution in [3.63, 3.8) is 0 Å². The number of likely N-dealkylation sites (tertiary alicyclic amines) is 1. The van der Waals surface area contributed by atoms with Crippen LogP contribution in [0.4, 0.5) is 0 Å². The second-order valence-electron chi connectivity index (χ2n) is 15.1. The summed E-state index contributed by atoms with van der Waals surface area (Å²) in [5, 5.41) is 0. The average Bonchev–Trinajstić information content (AvgIpc) is 3.65. The maximum atomic E-state index is 13.4. The second-order valence-corrected chi connectivity index (χ2v) is 15.1. The lowest BCUT2D eigenvalue weighted by atomic mass is 9.99. The van der Waals surface area contributed by atoms with Gasteiger partial charge in [0.1, 0.15) is 0 Å². The maximum Gasteiger partial charge on any atom is 0.261 e. The Kier molecular flexibility index (Phi) is 27.1. The Morgan fingerprint density at radius 2 is 0.891 bits per heavy atom. The first-order chi connectivity index (χ1) is 26.8. The summed E-state index contributed by atoms with van der Waals surface area (Å²) >= 11 is 0. The molecule has 2 rings (SSSR count). The minimum absolute atomic E-state index is 0.239. The van der Waals surface area contributed by atoms with Crippen molar-refractivity contribution in [2.24, 2.45) is 0 Å². The first kappa shape index (κ1) is 48.0. The van der Waals surface area contributed by atoms with Crippen LogP contribution in [0.5, 0.6) is 0 Å². The molecule has 0 radical (unpaired) electrons. The van der Waals surface area contributed by atoms with Crippen molar-refractivity contribution in [3.05, 3.63) is 97.2 Å². The quantitative estimate of drug-likeness (QED) is 0.0387. The summed E-state index contributed by atoms with van der Waals surface area (Å²) in [6.45, 7) is 7.11. The number of carbonyl (C=O) groups excluding carboxylic acids is 2. The zero-order valence-corrected chi connectivity index (χ0v) is 35.4. The molecule has 0 spiro atoms. The van der Waals surface area contributed by atoms with Gasteiger partial charge in [0.15, 0.2) is 18.0 Å². The molecule has 2 saturated heterocycles. The minimum atomic E-state index is -0.863. The third-order valence-electron chi connectivity index (χ3n) is 9.91. The molecule has 2 amide bonds. The van der Waals surface area contributed by atoms with Crippen LogP contribution in [0.1, 0.15) is 129 Å². The minimum Gasteiger partial charge on any atom is -0.333 e. The number of nitrogens with zero attached hydrogens (tertiary/aromatic N) is 3. The number of hydrogen-bond acceptors (Lipinski definition) is 6. The summed E-state index contributed by atoms with van der Waals surface area (Å²) in [4.78, 5) is 32.5. The Labute approximate surface area is 336 Å². The molecule has 0 aromatic carbocycles. The Balaban J connectivity index is 1.79. The van der Waals surface area contributed by atoms with Crippen LogP contribution < -0.4 is 0 Å². The molecule has 0 N–H and O–H groups in total. The Bertz CT molecular complexity index is 1190. The molecule has 7 nitrogen and oxygen atoms in total. The summed E-state index contributed by atoms with van der Waals surface area (Å²) in [5.41, 5.74) is 0. The third kappa shape index (κ3) is 21.7. The van der Waals surface area contributed by atoms with Crippen molar-refractivity contribution in [3.8, 4) is 0 Å². The van der Waals surface area contributed by atoms with Crippen molar-refractivity contribution in [1.82, 2.24) is 14.7 Å². The van der Waals surface area contributed by atoms with Gasteiger partial charge in [0.25, 0.3) is 11.8 Å². The lowest BCUT2D eigenvalue weighted by Gasteiger charge is -2.30. The largest absolute Gasteiger partial charge is 0.333 e. The van der Waals surface area contributed by atoms with Gasteiger partial charge >= 0.3 is 0 Å². The number of unbranched alkanes of at least 4 members (excludes halogenated alkanes) is 6. The number of ether oxygens (including phenoxy) is 2. The van der Waals surface area contributed by atoms with Gasteiger partial charge in [-0.1, -0.05) is 124 Å². The molecular formula is C48H77N3O4. The zero-order valence-electron chi connectivity index (χ0n) is 35.4. The number of imide groups is 1. The van der Waals surface area contributed by atoms with E-state index >= 15 is 0 Å². The van der Waals surface area contributed by atoms with Crippen molar-refractivity contribution < 1.29 is 19.1 Å². The van der Waals surface area contributed by atoms with E-state index in [1.807, 2.05) is 21.1 Å². The lowest BCUT2D eigenvalue weighted by Crippen LogP contribution is -2.43. The molecule has 2 aliphatic heterocycles. The number of likely N-dealkylation sites (N-methyl/N-ethyl adjacent to an activating group) is 2. The van der Waals surface area contributed by atoms with Crippen LogP contribution in [0.25, 0.3) is 0 Å². The predicted molar refractivity (Wildman–Crippen MR) is 233 cm³/mol. The van der Waals surface area contributed by atoms with Crippen molar-refractivity contribution in [2.45, 2.75) is 147 Å². The topological polar surface area (TPSA) is 62.3 Å². The number of fused-ring (bicyclic) bond motifs is 1.